The number of rotatable bonds is 8. The number of carbonyl (C=O) groups excluding carboxylic acids is 2. The summed E-state index contributed by atoms with van der Waals surface area (Å²) >= 11 is 0. The van der Waals surface area contributed by atoms with E-state index in [9.17, 15) is 9.59 Å². The van der Waals surface area contributed by atoms with Crippen LogP contribution in [-0.2, 0) is 4.79 Å². The second-order valence-electron chi connectivity index (χ2n) is 7.00. The molecule has 0 heterocycles. The van der Waals surface area contributed by atoms with Crippen LogP contribution in [0.2, 0.25) is 0 Å². The molecule has 0 saturated heterocycles. The molecule has 0 aliphatic heterocycles. The molecule has 0 saturated carbocycles. The molecule has 4 aromatic rings. The van der Waals surface area contributed by atoms with Gasteiger partial charge in [-0.15, -0.1) is 0 Å². The van der Waals surface area contributed by atoms with Crippen LogP contribution in [0, 0.1) is 0 Å². The number of nitrogens with one attached hydrogen (secondary N) is 1. The molecule has 0 aliphatic rings. The molecule has 4 rings (SSSR count). The van der Waals surface area contributed by atoms with Crippen molar-refractivity contribution >= 4 is 17.6 Å². The molecular formula is C27H21NO5. The lowest BCUT2D eigenvalue weighted by Crippen LogP contribution is -2.17. The van der Waals surface area contributed by atoms with Crippen molar-refractivity contribution in [1.82, 2.24) is 0 Å². The lowest BCUT2D eigenvalue weighted by Gasteiger charge is -2.10. The molecule has 1 amide bonds. The topological polar surface area (TPSA) is 73.9 Å². The van der Waals surface area contributed by atoms with Crippen LogP contribution in [-0.4, -0.2) is 18.5 Å². The van der Waals surface area contributed by atoms with Gasteiger partial charge in [-0.1, -0.05) is 42.5 Å². The third kappa shape index (κ3) is 6.45. The molecular weight excluding hydrogens is 418 g/mol. The maximum Gasteiger partial charge on any atom is 0.349 e. The minimum atomic E-state index is -0.551. The zero-order valence-corrected chi connectivity index (χ0v) is 17.6. The summed E-state index contributed by atoms with van der Waals surface area (Å²) in [6, 6.07) is 31.8. The van der Waals surface area contributed by atoms with Gasteiger partial charge in [0.1, 0.15) is 23.0 Å². The summed E-state index contributed by atoms with van der Waals surface area (Å²) in [5.74, 6) is 1.39. The number of benzene rings is 4. The summed E-state index contributed by atoms with van der Waals surface area (Å²) < 4.78 is 16.5. The molecule has 164 valence electrons. The van der Waals surface area contributed by atoms with Crippen LogP contribution >= 0.6 is 0 Å². The normalized spacial score (nSPS) is 10.2. The van der Waals surface area contributed by atoms with Crippen molar-refractivity contribution in [3.05, 3.63) is 115 Å². The second kappa shape index (κ2) is 10.6. The molecule has 33 heavy (non-hydrogen) atoms. The first kappa shape index (κ1) is 21.6. The molecule has 0 bridgehead atoms. The number of hydrogen-bond donors (Lipinski definition) is 1. The molecule has 0 radical (unpaired) electrons. The van der Waals surface area contributed by atoms with Crippen LogP contribution < -0.4 is 19.5 Å². The van der Waals surface area contributed by atoms with E-state index in [0.29, 0.717) is 28.5 Å². The van der Waals surface area contributed by atoms with Gasteiger partial charge in [-0.3, -0.25) is 4.79 Å². The highest BCUT2D eigenvalue weighted by Gasteiger charge is 2.09. The Balaban J connectivity index is 1.27. The Morgan fingerprint density at radius 2 is 1.24 bits per heavy atom. The fraction of sp³-hybridized carbons (Fsp3) is 0.0370. The number of hydrogen-bond acceptors (Lipinski definition) is 5. The standard InChI is InChI=1S/C27H21NO5/c29-26(33-24-16-14-23(15-17-24)32-22-11-5-2-6-12-22)19-31-25-13-7-10-21(18-25)28-27(30)20-8-3-1-4-9-20/h1-18H,19H2,(H,28,30). The summed E-state index contributed by atoms with van der Waals surface area (Å²) in [5.41, 5.74) is 1.11. The number of esters is 1. The Morgan fingerprint density at radius 1 is 0.636 bits per heavy atom. The summed E-state index contributed by atoms with van der Waals surface area (Å²) in [6.07, 6.45) is 0. The number of ether oxygens (including phenoxy) is 3. The van der Waals surface area contributed by atoms with E-state index in [1.807, 2.05) is 36.4 Å². The number of amides is 1. The Bertz CT molecular complexity index is 1210. The first-order valence-electron chi connectivity index (χ1n) is 10.3. The van der Waals surface area contributed by atoms with Gasteiger partial charge in [0.25, 0.3) is 5.91 Å². The molecule has 0 fully saturated rings. The molecule has 6 heteroatoms. The Labute approximate surface area is 191 Å². The predicted octanol–water partition coefficient (Wildman–Crippen LogP) is 5.72. The van der Waals surface area contributed by atoms with Crippen molar-refractivity contribution in [2.45, 2.75) is 0 Å². The third-order valence-electron chi connectivity index (χ3n) is 4.52. The molecule has 4 aromatic carbocycles. The molecule has 1 N–H and O–H groups in total. The van der Waals surface area contributed by atoms with Gasteiger partial charge in [0.05, 0.1) is 0 Å². The van der Waals surface area contributed by atoms with Crippen molar-refractivity contribution in [3.8, 4) is 23.0 Å². The quantitative estimate of drug-likeness (QED) is 0.281. The number of anilines is 1. The monoisotopic (exact) mass is 439 g/mol. The van der Waals surface area contributed by atoms with E-state index in [1.165, 1.54) is 0 Å². The summed E-state index contributed by atoms with van der Waals surface area (Å²) in [6.45, 7) is -0.279. The van der Waals surface area contributed by atoms with Gasteiger partial charge in [-0.2, -0.15) is 0 Å². The van der Waals surface area contributed by atoms with Gasteiger partial charge < -0.3 is 19.5 Å². The number of para-hydroxylation sites is 1. The summed E-state index contributed by atoms with van der Waals surface area (Å²) in [5, 5.41) is 2.80. The molecule has 0 aliphatic carbocycles. The smallest absolute Gasteiger partial charge is 0.349 e. The average Bonchev–Trinajstić information content (AvgIpc) is 2.85. The van der Waals surface area contributed by atoms with Crippen molar-refractivity contribution in [3.63, 3.8) is 0 Å². The van der Waals surface area contributed by atoms with E-state index < -0.39 is 5.97 Å². The molecule has 0 spiro atoms. The Hall–Kier alpha value is -4.58. The van der Waals surface area contributed by atoms with Crippen molar-refractivity contribution in [2.75, 3.05) is 11.9 Å². The second-order valence-corrected chi connectivity index (χ2v) is 7.00. The predicted molar refractivity (Wildman–Crippen MR) is 125 cm³/mol. The minimum absolute atomic E-state index is 0.230. The Kier molecular flexibility index (Phi) is 6.98. The maximum atomic E-state index is 12.3. The molecule has 0 aromatic heterocycles. The van der Waals surface area contributed by atoms with Crippen LogP contribution in [0.1, 0.15) is 10.4 Å². The van der Waals surface area contributed by atoms with Crippen LogP contribution in [0.15, 0.2) is 109 Å². The maximum absolute atomic E-state index is 12.3. The van der Waals surface area contributed by atoms with E-state index in [0.717, 1.165) is 5.75 Å². The van der Waals surface area contributed by atoms with Crippen LogP contribution in [0.5, 0.6) is 23.0 Å². The van der Waals surface area contributed by atoms with E-state index in [-0.39, 0.29) is 12.5 Å². The van der Waals surface area contributed by atoms with E-state index >= 15 is 0 Å². The highest BCUT2D eigenvalue weighted by molar-refractivity contribution is 6.04. The number of carbonyl (C=O) groups is 2. The van der Waals surface area contributed by atoms with Crippen molar-refractivity contribution in [2.24, 2.45) is 0 Å². The van der Waals surface area contributed by atoms with Gasteiger partial charge in [-0.05, 0) is 60.7 Å². The van der Waals surface area contributed by atoms with E-state index in [4.69, 9.17) is 14.2 Å². The average molecular weight is 439 g/mol. The highest BCUT2D eigenvalue weighted by atomic mass is 16.6. The van der Waals surface area contributed by atoms with E-state index in [1.54, 1.807) is 72.8 Å². The highest BCUT2D eigenvalue weighted by Crippen LogP contribution is 2.24. The largest absolute Gasteiger partial charge is 0.482 e. The Morgan fingerprint density at radius 3 is 1.97 bits per heavy atom. The van der Waals surface area contributed by atoms with E-state index in [2.05, 4.69) is 5.32 Å². The van der Waals surface area contributed by atoms with Gasteiger partial charge in [0, 0.05) is 17.3 Å². The first-order chi connectivity index (χ1) is 16.2. The molecule has 0 unspecified atom stereocenters. The minimum Gasteiger partial charge on any atom is -0.482 e. The lowest BCUT2D eigenvalue weighted by molar-refractivity contribution is -0.136. The van der Waals surface area contributed by atoms with Crippen LogP contribution in [0.25, 0.3) is 0 Å². The van der Waals surface area contributed by atoms with Gasteiger partial charge in [-0.25, -0.2) is 4.79 Å². The fourth-order valence-electron chi connectivity index (χ4n) is 2.96. The van der Waals surface area contributed by atoms with Crippen molar-refractivity contribution in [1.29, 1.82) is 0 Å². The zero-order valence-electron chi connectivity index (χ0n) is 17.6. The van der Waals surface area contributed by atoms with Gasteiger partial charge in [0.2, 0.25) is 0 Å². The lowest BCUT2D eigenvalue weighted by atomic mass is 10.2. The zero-order chi connectivity index (χ0) is 22.9. The van der Waals surface area contributed by atoms with Crippen LogP contribution in [0.3, 0.4) is 0 Å². The first-order valence-corrected chi connectivity index (χ1v) is 10.3. The van der Waals surface area contributed by atoms with Crippen LogP contribution in [0.4, 0.5) is 5.69 Å². The fourth-order valence-corrected chi connectivity index (χ4v) is 2.96. The molecule has 6 nitrogen and oxygen atoms in total. The van der Waals surface area contributed by atoms with Crippen molar-refractivity contribution < 1.29 is 23.8 Å². The summed E-state index contributed by atoms with van der Waals surface area (Å²) in [4.78, 5) is 24.4. The molecule has 0 atom stereocenters. The third-order valence-corrected chi connectivity index (χ3v) is 4.52. The summed E-state index contributed by atoms with van der Waals surface area (Å²) in [7, 11) is 0. The van der Waals surface area contributed by atoms with Gasteiger partial charge >= 0.3 is 5.97 Å². The SMILES string of the molecule is O=C(COc1cccc(NC(=O)c2ccccc2)c1)Oc1ccc(Oc2ccccc2)cc1. The van der Waals surface area contributed by atoms with Gasteiger partial charge in [0.15, 0.2) is 6.61 Å².